The second-order valence-corrected chi connectivity index (χ2v) is 9.98. The number of nitrogens with two attached hydrogens (primary N) is 1. The fourth-order valence-corrected chi connectivity index (χ4v) is 5.87. The molecule has 5 rings (SSSR count). The first kappa shape index (κ1) is 25.6. The Morgan fingerprint density at radius 3 is 2.89 bits per heavy atom. The number of methoxy groups -OCH3 is 1. The number of carbonyl (C=O) groups excluding carboxylic acids is 1. The van der Waals surface area contributed by atoms with Crippen LogP contribution in [-0.4, -0.2) is 42.3 Å². The third kappa shape index (κ3) is 4.60. The summed E-state index contributed by atoms with van der Waals surface area (Å²) in [4.78, 5) is 16.7. The summed E-state index contributed by atoms with van der Waals surface area (Å²) in [5.74, 6) is -3.03. The van der Waals surface area contributed by atoms with Crippen molar-refractivity contribution in [2.24, 2.45) is 11.7 Å². The number of imidazole rings is 1. The number of nitrogens with one attached hydrogen (secondary N) is 1. The van der Waals surface area contributed by atoms with Gasteiger partial charge in [0, 0.05) is 63.2 Å². The van der Waals surface area contributed by atoms with Crippen molar-refractivity contribution < 1.29 is 23.0 Å². The van der Waals surface area contributed by atoms with Gasteiger partial charge in [-0.3, -0.25) is 4.79 Å². The van der Waals surface area contributed by atoms with Crippen LogP contribution in [0.2, 0.25) is 5.02 Å². The van der Waals surface area contributed by atoms with Crippen LogP contribution in [0.1, 0.15) is 41.0 Å². The highest BCUT2D eigenvalue weighted by Crippen LogP contribution is 2.53. The van der Waals surface area contributed by atoms with Gasteiger partial charge in [0.25, 0.3) is 0 Å². The van der Waals surface area contributed by atoms with Crippen molar-refractivity contribution in [3.63, 3.8) is 0 Å². The van der Waals surface area contributed by atoms with E-state index in [4.69, 9.17) is 26.8 Å². The molecule has 2 aliphatic rings. The maximum atomic E-state index is 16.0. The van der Waals surface area contributed by atoms with Gasteiger partial charge in [-0.25, -0.2) is 13.8 Å². The number of amides is 1. The Kier molecular flexibility index (Phi) is 7.20. The van der Waals surface area contributed by atoms with E-state index >= 15 is 8.78 Å². The third-order valence-electron chi connectivity index (χ3n) is 7.34. The van der Waals surface area contributed by atoms with E-state index in [0.29, 0.717) is 31.7 Å². The molecule has 0 aliphatic carbocycles. The highest BCUT2D eigenvalue weighted by atomic mass is 35.5. The van der Waals surface area contributed by atoms with E-state index in [-0.39, 0.29) is 28.7 Å². The molecule has 0 bridgehead atoms. The van der Waals surface area contributed by atoms with Crippen LogP contribution in [0, 0.1) is 11.7 Å². The van der Waals surface area contributed by atoms with Crippen LogP contribution in [0.3, 0.4) is 0 Å². The highest BCUT2D eigenvalue weighted by molar-refractivity contribution is 6.31. The average molecular weight is 531 g/mol. The predicted octanol–water partition coefficient (Wildman–Crippen LogP) is 4.04. The molecule has 196 valence electrons. The van der Waals surface area contributed by atoms with E-state index in [1.165, 1.54) is 12.3 Å². The van der Waals surface area contributed by atoms with Crippen molar-refractivity contribution in [3.05, 3.63) is 82.1 Å². The minimum Gasteiger partial charge on any atom is -0.480 e. The van der Waals surface area contributed by atoms with Crippen molar-refractivity contribution >= 4 is 17.5 Å². The standard InChI is InChI=1S/C27H29ClF2N4O3/c1-36-11-5-8-32-15-27(16-6-3-2-4-7-16)13-17-20(37-27)12-19(29)23(28)21(17)22-18(25(31)35)14-34-10-9-33-26(34)24(22)30/h2-4,6-7,9-10,12,18,22,24,32H,5,8,11,13-15H2,1H3,(H2,31,35)/t18?,22?,24?,27-/m1/s1. The van der Waals surface area contributed by atoms with E-state index in [2.05, 4.69) is 10.3 Å². The molecule has 0 fully saturated rings. The maximum absolute atomic E-state index is 16.0. The lowest BCUT2D eigenvalue weighted by atomic mass is 9.76. The van der Waals surface area contributed by atoms with E-state index < -0.39 is 35.3 Å². The second kappa shape index (κ2) is 10.4. The normalized spacial score (nSPS) is 24.4. The fourth-order valence-electron chi connectivity index (χ4n) is 5.58. The molecular weight excluding hydrogens is 502 g/mol. The van der Waals surface area contributed by atoms with Crippen molar-refractivity contribution in [1.82, 2.24) is 14.9 Å². The van der Waals surface area contributed by atoms with Gasteiger partial charge >= 0.3 is 0 Å². The van der Waals surface area contributed by atoms with E-state index in [1.54, 1.807) is 17.9 Å². The van der Waals surface area contributed by atoms with Gasteiger partial charge in [0.15, 0.2) is 11.8 Å². The maximum Gasteiger partial charge on any atom is 0.223 e. The monoisotopic (exact) mass is 530 g/mol. The Balaban J connectivity index is 1.58. The SMILES string of the molecule is COCCCNC[C@@]1(c2ccccc2)Cc2c(cc(F)c(Cl)c2C2C(C(N)=O)Cn3ccnc3C2F)O1. The zero-order valence-electron chi connectivity index (χ0n) is 20.4. The first-order valence-electron chi connectivity index (χ1n) is 12.3. The zero-order valence-corrected chi connectivity index (χ0v) is 21.2. The number of carbonyl (C=O) groups is 1. The minimum atomic E-state index is -1.71. The summed E-state index contributed by atoms with van der Waals surface area (Å²) in [6, 6.07) is 10.9. The Labute approximate surface area is 218 Å². The summed E-state index contributed by atoms with van der Waals surface area (Å²) in [5.41, 5.74) is 6.54. The molecule has 4 atom stereocenters. The van der Waals surface area contributed by atoms with Crippen LogP contribution in [0.5, 0.6) is 5.75 Å². The number of nitrogens with zero attached hydrogens (tertiary/aromatic N) is 2. The Hall–Kier alpha value is -3.01. The van der Waals surface area contributed by atoms with Gasteiger partial charge in [-0.15, -0.1) is 0 Å². The van der Waals surface area contributed by atoms with Crippen LogP contribution in [0.15, 0.2) is 48.8 Å². The molecule has 1 aromatic heterocycles. The third-order valence-corrected chi connectivity index (χ3v) is 7.73. The molecule has 3 unspecified atom stereocenters. The quantitative estimate of drug-likeness (QED) is 0.407. The van der Waals surface area contributed by atoms with Gasteiger partial charge in [0.2, 0.25) is 5.91 Å². The van der Waals surface area contributed by atoms with Crippen molar-refractivity contribution in [1.29, 1.82) is 0 Å². The molecule has 2 aliphatic heterocycles. The zero-order chi connectivity index (χ0) is 26.2. The molecule has 2 aromatic carbocycles. The summed E-state index contributed by atoms with van der Waals surface area (Å²) in [6.07, 6.45) is 2.48. The lowest BCUT2D eigenvalue weighted by Crippen LogP contribution is -2.43. The van der Waals surface area contributed by atoms with Gasteiger partial charge in [0.05, 0.1) is 10.9 Å². The van der Waals surface area contributed by atoms with Crippen molar-refractivity contribution in [2.45, 2.75) is 37.1 Å². The average Bonchev–Trinajstić information content (AvgIpc) is 3.51. The number of benzene rings is 2. The second-order valence-electron chi connectivity index (χ2n) is 9.60. The number of alkyl halides is 1. The number of primary amides is 1. The number of halogens is 3. The number of rotatable bonds is 9. The van der Waals surface area contributed by atoms with Crippen LogP contribution in [0.25, 0.3) is 0 Å². The smallest absolute Gasteiger partial charge is 0.223 e. The molecule has 10 heteroatoms. The number of ether oxygens (including phenoxy) is 2. The lowest BCUT2D eigenvalue weighted by molar-refractivity contribution is -0.124. The molecule has 3 aromatic rings. The first-order valence-corrected chi connectivity index (χ1v) is 12.6. The summed E-state index contributed by atoms with van der Waals surface area (Å²) in [5, 5.41) is 3.19. The molecule has 0 spiro atoms. The molecule has 0 saturated heterocycles. The lowest BCUT2D eigenvalue weighted by Gasteiger charge is -2.35. The largest absolute Gasteiger partial charge is 0.480 e. The van der Waals surface area contributed by atoms with Crippen LogP contribution < -0.4 is 15.8 Å². The van der Waals surface area contributed by atoms with Gasteiger partial charge in [-0.1, -0.05) is 41.9 Å². The van der Waals surface area contributed by atoms with Gasteiger partial charge in [-0.2, -0.15) is 0 Å². The summed E-state index contributed by atoms with van der Waals surface area (Å²) < 4.78 is 44.5. The molecular formula is C27H29ClF2N4O3. The molecule has 37 heavy (non-hydrogen) atoms. The molecule has 0 radical (unpaired) electrons. The number of hydrogen-bond donors (Lipinski definition) is 2. The van der Waals surface area contributed by atoms with Gasteiger partial charge < -0.3 is 25.1 Å². The van der Waals surface area contributed by atoms with Gasteiger partial charge in [0.1, 0.15) is 17.4 Å². The van der Waals surface area contributed by atoms with E-state index in [0.717, 1.165) is 12.0 Å². The van der Waals surface area contributed by atoms with Crippen LogP contribution in [0.4, 0.5) is 8.78 Å². The fraction of sp³-hybridized carbons (Fsp3) is 0.407. The summed E-state index contributed by atoms with van der Waals surface area (Å²) in [6.45, 7) is 1.84. The number of aromatic nitrogens is 2. The number of fused-ring (bicyclic) bond motifs is 2. The summed E-state index contributed by atoms with van der Waals surface area (Å²) in [7, 11) is 1.65. The van der Waals surface area contributed by atoms with E-state index in [1.807, 2.05) is 30.3 Å². The highest BCUT2D eigenvalue weighted by Gasteiger charge is 2.49. The minimum absolute atomic E-state index is 0.128. The van der Waals surface area contributed by atoms with Crippen molar-refractivity contribution in [3.8, 4) is 5.75 Å². The van der Waals surface area contributed by atoms with E-state index in [9.17, 15) is 4.79 Å². The molecule has 7 nitrogen and oxygen atoms in total. The van der Waals surface area contributed by atoms with Gasteiger partial charge in [-0.05, 0) is 24.1 Å². The summed E-state index contributed by atoms with van der Waals surface area (Å²) >= 11 is 6.54. The van der Waals surface area contributed by atoms with Crippen molar-refractivity contribution in [2.75, 3.05) is 26.8 Å². The Morgan fingerprint density at radius 1 is 1.38 bits per heavy atom. The first-order chi connectivity index (χ1) is 17.9. The van der Waals surface area contributed by atoms with Crippen LogP contribution in [-0.2, 0) is 28.1 Å². The molecule has 0 saturated carbocycles. The molecule has 3 N–H and O–H groups in total. The number of hydrogen-bond acceptors (Lipinski definition) is 5. The topological polar surface area (TPSA) is 91.4 Å². The molecule has 1 amide bonds. The Bertz CT molecular complexity index is 1290. The van der Waals surface area contributed by atoms with Crippen LogP contribution >= 0.6 is 11.6 Å². The predicted molar refractivity (Wildman–Crippen MR) is 135 cm³/mol. The Morgan fingerprint density at radius 2 is 2.16 bits per heavy atom. The molecule has 3 heterocycles.